The van der Waals surface area contributed by atoms with E-state index in [2.05, 4.69) is 37.4 Å². The lowest BCUT2D eigenvalue weighted by Gasteiger charge is -2.29. The lowest BCUT2D eigenvalue weighted by atomic mass is 9.82. The van der Waals surface area contributed by atoms with E-state index in [0.29, 0.717) is 6.42 Å². The summed E-state index contributed by atoms with van der Waals surface area (Å²) in [6, 6.07) is 12.3. The van der Waals surface area contributed by atoms with Crippen molar-refractivity contribution >= 4 is 11.6 Å². The molecule has 1 atom stereocenters. The number of carbonyl (C=O) groups excluding carboxylic acids is 1. The van der Waals surface area contributed by atoms with E-state index in [1.54, 1.807) is 0 Å². The molecule has 120 valence electrons. The zero-order valence-corrected chi connectivity index (χ0v) is 14.1. The Morgan fingerprint density at radius 2 is 1.83 bits per heavy atom. The first-order valence-electron chi connectivity index (χ1n) is 8.13. The fourth-order valence-corrected chi connectivity index (χ4v) is 3.19. The molecule has 0 fully saturated rings. The van der Waals surface area contributed by atoms with Crippen molar-refractivity contribution in [3.8, 4) is 5.75 Å². The summed E-state index contributed by atoms with van der Waals surface area (Å²) in [4.78, 5) is 12.3. The topological polar surface area (TPSA) is 38.3 Å². The first kappa shape index (κ1) is 15.6. The number of amides is 1. The molecular weight excluding hydrogens is 286 g/mol. The van der Waals surface area contributed by atoms with Gasteiger partial charge < -0.3 is 10.1 Å². The van der Waals surface area contributed by atoms with Gasteiger partial charge in [0.1, 0.15) is 5.75 Å². The first-order chi connectivity index (χ1) is 11.0. The molecule has 0 unspecified atom stereocenters. The molecule has 1 amide bonds. The van der Waals surface area contributed by atoms with Gasteiger partial charge in [-0.05, 0) is 50.5 Å². The second-order valence-electron chi connectivity index (χ2n) is 6.48. The molecule has 3 rings (SSSR count). The first-order valence-corrected chi connectivity index (χ1v) is 8.13. The minimum Gasteiger partial charge on any atom is -0.491 e. The fraction of sp³-hybridized carbons (Fsp3) is 0.350. The van der Waals surface area contributed by atoms with Gasteiger partial charge in [-0.25, -0.2) is 0 Å². The lowest BCUT2D eigenvalue weighted by molar-refractivity contribution is -0.116. The summed E-state index contributed by atoms with van der Waals surface area (Å²) >= 11 is 0. The number of anilines is 1. The van der Waals surface area contributed by atoms with Crippen molar-refractivity contribution in [1.29, 1.82) is 0 Å². The van der Waals surface area contributed by atoms with Crippen LogP contribution < -0.4 is 10.1 Å². The number of rotatable bonds is 3. The third kappa shape index (κ3) is 2.96. The average Bonchev–Trinajstić information content (AvgIpc) is 2.51. The molecule has 1 N–H and O–H groups in total. The van der Waals surface area contributed by atoms with Crippen LogP contribution in [0.3, 0.4) is 0 Å². The van der Waals surface area contributed by atoms with Crippen LogP contribution in [0.4, 0.5) is 5.69 Å². The minimum atomic E-state index is 0.0352. The molecule has 0 saturated carbocycles. The average molecular weight is 309 g/mol. The molecule has 1 heterocycles. The van der Waals surface area contributed by atoms with Crippen LogP contribution in [-0.2, 0) is 4.79 Å². The molecule has 1 aliphatic heterocycles. The molecule has 0 aromatic heterocycles. The molecule has 0 radical (unpaired) electrons. The van der Waals surface area contributed by atoms with Crippen molar-refractivity contribution in [2.45, 2.75) is 46.1 Å². The summed E-state index contributed by atoms with van der Waals surface area (Å²) in [5, 5.41) is 3.05. The summed E-state index contributed by atoms with van der Waals surface area (Å²) in [6.45, 7) is 8.17. The van der Waals surface area contributed by atoms with Crippen LogP contribution in [0.5, 0.6) is 5.75 Å². The van der Waals surface area contributed by atoms with Gasteiger partial charge in [-0.15, -0.1) is 0 Å². The molecule has 3 nitrogen and oxygen atoms in total. The smallest absolute Gasteiger partial charge is 0.225 e. The number of hydrogen-bond donors (Lipinski definition) is 1. The maximum absolute atomic E-state index is 12.3. The second-order valence-corrected chi connectivity index (χ2v) is 6.48. The third-order valence-corrected chi connectivity index (χ3v) is 4.45. The van der Waals surface area contributed by atoms with Crippen LogP contribution in [0.1, 0.15) is 48.4 Å². The van der Waals surface area contributed by atoms with Crippen LogP contribution in [0.15, 0.2) is 36.4 Å². The number of para-hydroxylation sites is 1. The van der Waals surface area contributed by atoms with E-state index in [1.807, 2.05) is 32.0 Å². The van der Waals surface area contributed by atoms with E-state index in [9.17, 15) is 4.79 Å². The SMILES string of the molecule is Cc1ccc2c(c1C)NC(=O)C[C@@H]2c1ccccc1OC(C)C. The van der Waals surface area contributed by atoms with E-state index >= 15 is 0 Å². The molecule has 3 heteroatoms. The second kappa shape index (κ2) is 6.07. The molecule has 0 bridgehead atoms. The Balaban J connectivity index is 2.12. The normalized spacial score (nSPS) is 16.9. The molecule has 0 aliphatic carbocycles. The van der Waals surface area contributed by atoms with Crippen LogP contribution in [0.25, 0.3) is 0 Å². The molecule has 2 aromatic rings. The van der Waals surface area contributed by atoms with Crippen molar-refractivity contribution in [3.63, 3.8) is 0 Å². The number of hydrogen-bond acceptors (Lipinski definition) is 2. The van der Waals surface area contributed by atoms with Crippen molar-refractivity contribution in [1.82, 2.24) is 0 Å². The lowest BCUT2D eigenvalue weighted by Crippen LogP contribution is -2.25. The summed E-state index contributed by atoms with van der Waals surface area (Å²) in [6.07, 6.45) is 0.557. The highest BCUT2D eigenvalue weighted by molar-refractivity contribution is 5.96. The van der Waals surface area contributed by atoms with Gasteiger partial charge >= 0.3 is 0 Å². The summed E-state index contributed by atoms with van der Waals surface area (Å²) in [7, 11) is 0. The number of fused-ring (bicyclic) bond motifs is 1. The monoisotopic (exact) mass is 309 g/mol. The van der Waals surface area contributed by atoms with E-state index in [1.165, 1.54) is 11.1 Å². The van der Waals surface area contributed by atoms with Crippen molar-refractivity contribution in [2.75, 3.05) is 5.32 Å². The van der Waals surface area contributed by atoms with Crippen molar-refractivity contribution in [3.05, 3.63) is 58.7 Å². The molecule has 1 aliphatic rings. The quantitative estimate of drug-likeness (QED) is 0.902. The summed E-state index contributed by atoms with van der Waals surface area (Å²) < 4.78 is 5.97. The Morgan fingerprint density at radius 3 is 2.57 bits per heavy atom. The number of ether oxygens (including phenoxy) is 1. The molecule has 0 saturated heterocycles. The van der Waals surface area contributed by atoms with Crippen molar-refractivity contribution in [2.24, 2.45) is 0 Å². The van der Waals surface area contributed by atoms with Gasteiger partial charge in [-0.3, -0.25) is 4.79 Å². The zero-order chi connectivity index (χ0) is 16.6. The number of aryl methyl sites for hydroxylation is 1. The van der Waals surface area contributed by atoms with E-state index in [-0.39, 0.29) is 17.9 Å². The molecule has 23 heavy (non-hydrogen) atoms. The van der Waals surface area contributed by atoms with Gasteiger partial charge in [0.2, 0.25) is 5.91 Å². The Morgan fingerprint density at radius 1 is 1.09 bits per heavy atom. The standard InChI is InChI=1S/C20H23NO2/c1-12(2)23-18-8-6-5-7-15(18)17-11-19(22)21-20-14(4)13(3)9-10-16(17)20/h5-10,12,17H,11H2,1-4H3,(H,21,22)/t17-/m1/s1. The Hall–Kier alpha value is -2.29. The molecule has 2 aromatic carbocycles. The number of benzene rings is 2. The minimum absolute atomic E-state index is 0.0352. The van der Waals surface area contributed by atoms with Crippen LogP contribution in [0.2, 0.25) is 0 Å². The van der Waals surface area contributed by atoms with E-state index in [0.717, 1.165) is 22.6 Å². The predicted molar refractivity (Wildman–Crippen MR) is 93.2 cm³/mol. The predicted octanol–water partition coefficient (Wildman–Crippen LogP) is 4.56. The van der Waals surface area contributed by atoms with Crippen molar-refractivity contribution < 1.29 is 9.53 Å². The third-order valence-electron chi connectivity index (χ3n) is 4.45. The Bertz CT molecular complexity index is 749. The maximum atomic E-state index is 12.3. The highest BCUT2D eigenvalue weighted by Gasteiger charge is 2.29. The van der Waals surface area contributed by atoms with Crippen LogP contribution in [0, 0.1) is 13.8 Å². The molecular formula is C20H23NO2. The summed E-state index contributed by atoms with van der Waals surface area (Å²) in [5.74, 6) is 0.968. The highest BCUT2D eigenvalue weighted by atomic mass is 16.5. The number of carbonyl (C=O) groups is 1. The largest absolute Gasteiger partial charge is 0.491 e. The van der Waals surface area contributed by atoms with Crippen LogP contribution >= 0.6 is 0 Å². The maximum Gasteiger partial charge on any atom is 0.225 e. The van der Waals surface area contributed by atoms with Gasteiger partial charge in [0.05, 0.1) is 6.10 Å². The van der Waals surface area contributed by atoms with Gasteiger partial charge in [0.15, 0.2) is 0 Å². The van der Waals surface area contributed by atoms with Gasteiger partial charge in [-0.2, -0.15) is 0 Å². The van der Waals surface area contributed by atoms with Gasteiger partial charge in [0.25, 0.3) is 0 Å². The Kier molecular flexibility index (Phi) is 4.12. The number of nitrogens with one attached hydrogen (secondary N) is 1. The fourth-order valence-electron chi connectivity index (χ4n) is 3.19. The van der Waals surface area contributed by atoms with E-state index in [4.69, 9.17) is 4.74 Å². The van der Waals surface area contributed by atoms with Gasteiger partial charge in [-0.1, -0.05) is 30.3 Å². The summed E-state index contributed by atoms with van der Waals surface area (Å²) in [5.41, 5.74) is 5.55. The highest BCUT2D eigenvalue weighted by Crippen LogP contribution is 2.42. The van der Waals surface area contributed by atoms with Gasteiger partial charge in [0, 0.05) is 23.6 Å². The zero-order valence-electron chi connectivity index (χ0n) is 14.1. The Labute approximate surface area is 137 Å². The molecule has 0 spiro atoms. The van der Waals surface area contributed by atoms with E-state index < -0.39 is 0 Å². The van der Waals surface area contributed by atoms with Crippen LogP contribution in [-0.4, -0.2) is 12.0 Å².